The molecule has 1 aromatic heterocycles. The van der Waals surface area contributed by atoms with Crippen LogP contribution in [0.2, 0.25) is 0 Å². The van der Waals surface area contributed by atoms with Crippen molar-refractivity contribution in [2.75, 3.05) is 11.1 Å². The maximum Gasteiger partial charge on any atom is 0.416 e. The summed E-state index contributed by atoms with van der Waals surface area (Å²) in [5, 5.41) is 9.33. The Morgan fingerprint density at radius 1 is 1.30 bits per heavy atom. The van der Waals surface area contributed by atoms with Gasteiger partial charge in [0, 0.05) is 10.2 Å². The van der Waals surface area contributed by atoms with Crippen LogP contribution in [0.25, 0.3) is 0 Å². The second-order valence-electron chi connectivity index (χ2n) is 3.63. The van der Waals surface area contributed by atoms with Crippen LogP contribution in [0.4, 0.5) is 24.0 Å². The molecule has 0 unspecified atom stereocenters. The number of nitrogens with one attached hydrogen (secondary N) is 1. The number of aromatic nitrogens is 2. The van der Waals surface area contributed by atoms with Gasteiger partial charge in [0.15, 0.2) is 0 Å². The number of nitrogen functional groups attached to an aromatic ring is 1. The van der Waals surface area contributed by atoms with Gasteiger partial charge in [0.2, 0.25) is 10.1 Å². The molecule has 2 rings (SSSR count). The predicted molar refractivity (Wildman–Crippen MR) is 71.4 cm³/mol. The molecule has 0 spiro atoms. The van der Waals surface area contributed by atoms with Crippen molar-refractivity contribution in [2.24, 2.45) is 0 Å². The highest BCUT2D eigenvalue weighted by Gasteiger charge is 2.31. The molecule has 10 heteroatoms. The lowest BCUT2D eigenvalue weighted by molar-refractivity contribution is -0.137. The van der Waals surface area contributed by atoms with Crippen LogP contribution in [-0.2, 0) is 6.18 Å². The van der Waals surface area contributed by atoms with E-state index in [9.17, 15) is 18.0 Å². The number of hydrogen-bond acceptors (Lipinski definition) is 5. The topological polar surface area (TPSA) is 80.9 Å². The van der Waals surface area contributed by atoms with Crippen molar-refractivity contribution in [3.05, 3.63) is 33.2 Å². The first-order chi connectivity index (χ1) is 9.25. The van der Waals surface area contributed by atoms with E-state index >= 15 is 0 Å². The van der Waals surface area contributed by atoms with Gasteiger partial charge in [-0.25, -0.2) is 0 Å². The summed E-state index contributed by atoms with van der Waals surface area (Å²) < 4.78 is 38.1. The van der Waals surface area contributed by atoms with E-state index in [0.29, 0.717) is 0 Å². The van der Waals surface area contributed by atoms with Crippen LogP contribution in [-0.4, -0.2) is 16.1 Å². The number of alkyl halides is 3. The fourth-order valence-corrected chi connectivity index (χ4v) is 2.33. The Labute approximate surface area is 123 Å². The quantitative estimate of drug-likeness (QED) is 0.855. The van der Waals surface area contributed by atoms with Crippen molar-refractivity contribution in [2.45, 2.75) is 6.18 Å². The van der Waals surface area contributed by atoms with E-state index < -0.39 is 17.6 Å². The molecule has 1 aromatic carbocycles. The van der Waals surface area contributed by atoms with E-state index in [4.69, 9.17) is 5.73 Å². The Bertz CT molecular complexity index is 658. The van der Waals surface area contributed by atoms with Gasteiger partial charge in [-0.15, -0.1) is 10.2 Å². The van der Waals surface area contributed by atoms with E-state index in [1.807, 2.05) is 0 Å². The van der Waals surface area contributed by atoms with Gasteiger partial charge in [-0.3, -0.25) is 4.79 Å². The molecule has 0 aliphatic rings. The predicted octanol–water partition coefficient (Wildman–Crippen LogP) is 3.15. The van der Waals surface area contributed by atoms with Gasteiger partial charge in [0.25, 0.3) is 5.91 Å². The number of amides is 1. The zero-order chi connectivity index (χ0) is 14.9. The summed E-state index contributed by atoms with van der Waals surface area (Å²) in [4.78, 5) is 11.7. The smallest absolute Gasteiger partial charge is 0.374 e. The highest BCUT2D eigenvalue weighted by Crippen LogP contribution is 2.33. The number of nitrogens with two attached hydrogens (primary N) is 1. The summed E-state index contributed by atoms with van der Waals surface area (Å²) >= 11 is 3.80. The Kier molecular flexibility index (Phi) is 3.95. The summed E-state index contributed by atoms with van der Waals surface area (Å²) in [5.41, 5.74) is 4.44. The van der Waals surface area contributed by atoms with Crippen molar-refractivity contribution in [1.29, 1.82) is 0 Å². The molecule has 0 radical (unpaired) electrons. The third-order valence-corrected chi connectivity index (χ3v) is 3.33. The van der Waals surface area contributed by atoms with E-state index in [2.05, 4.69) is 31.4 Å². The van der Waals surface area contributed by atoms with Crippen LogP contribution in [0.5, 0.6) is 0 Å². The fraction of sp³-hybridized carbons (Fsp3) is 0.100. The first kappa shape index (κ1) is 14.7. The van der Waals surface area contributed by atoms with E-state index in [0.717, 1.165) is 23.5 Å². The Hall–Kier alpha value is -1.68. The van der Waals surface area contributed by atoms with Crippen LogP contribution in [0.3, 0.4) is 0 Å². The molecule has 0 aliphatic heterocycles. The highest BCUT2D eigenvalue weighted by atomic mass is 79.9. The Morgan fingerprint density at radius 2 is 2.00 bits per heavy atom. The summed E-state index contributed by atoms with van der Waals surface area (Å²) in [6.45, 7) is 0. The lowest BCUT2D eigenvalue weighted by Crippen LogP contribution is -2.13. The minimum Gasteiger partial charge on any atom is -0.374 e. The zero-order valence-electron chi connectivity index (χ0n) is 9.53. The standard InChI is InChI=1S/C10H6BrF3N4OS/c11-5-1-4(10(12,13)14)2-6(3-5)16-7(19)8-17-18-9(15)20-8/h1-3H,(H2,15,18)(H,16,19). The van der Waals surface area contributed by atoms with Crippen LogP contribution < -0.4 is 11.1 Å². The van der Waals surface area contributed by atoms with Gasteiger partial charge in [-0.1, -0.05) is 27.3 Å². The highest BCUT2D eigenvalue weighted by molar-refractivity contribution is 9.10. The first-order valence-electron chi connectivity index (χ1n) is 5.04. The molecule has 0 aliphatic carbocycles. The maximum absolute atomic E-state index is 12.6. The third kappa shape index (κ3) is 3.45. The molecule has 0 bridgehead atoms. The fourth-order valence-electron chi connectivity index (χ4n) is 1.34. The lowest BCUT2D eigenvalue weighted by atomic mass is 10.2. The normalized spacial score (nSPS) is 11.4. The van der Waals surface area contributed by atoms with E-state index in [1.54, 1.807) is 0 Å². The molecule has 2 aromatic rings. The number of halogens is 4. The molecule has 0 saturated heterocycles. The summed E-state index contributed by atoms with van der Waals surface area (Å²) in [6.07, 6.45) is -4.50. The number of anilines is 2. The summed E-state index contributed by atoms with van der Waals surface area (Å²) in [6, 6.07) is 3.09. The molecule has 20 heavy (non-hydrogen) atoms. The Balaban J connectivity index is 2.25. The molecular weight excluding hydrogens is 361 g/mol. The van der Waals surface area contributed by atoms with Crippen LogP contribution in [0, 0.1) is 0 Å². The molecule has 106 valence electrons. The molecule has 0 atom stereocenters. The van der Waals surface area contributed by atoms with Gasteiger partial charge in [-0.2, -0.15) is 13.2 Å². The largest absolute Gasteiger partial charge is 0.416 e. The number of nitrogens with zero attached hydrogens (tertiary/aromatic N) is 2. The molecule has 0 saturated carbocycles. The van der Waals surface area contributed by atoms with Crippen molar-refractivity contribution in [1.82, 2.24) is 10.2 Å². The van der Waals surface area contributed by atoms with Crippen LogP contribution in [0.1, 0.15) is 15.4 Å². The monoisotopic (exact) mass is 366 g/mol. The molecule has 1 heterocycles. The lowest BCUT2D eigenvalue weighted by Gasteiger charge is -2.10. The molecule has 0 fully saturated rings. The van der Waals surface area contributed by atoms with E-state index in [-0.39, 0.29) is 20.3 Å². The molecular formula is C10H6BrF3N4OS. The SMILES string of the molecule is Nc1nnc(C(=O)Nc2cc(Br)cc(C(F)(F)F)c2)s1. The second-order valence-corrected chi connectivity index (χ2v) is 5.55. The minimum absolute atomic E-state index is 0.00882. The number of rotatable bonds is 2. The summed E-state index contributed by atoms with van der Waals surface area (Å²) in [7, 11) is 0. The van der Waals surface area contributed by atoms with Crippen molar-refractivity contribution in [3.8, 4) is 0 Å². The number of hydrogen-bond donors (Lipinski definition) is 2. The van der Waals surface area contributed by atoms with Crippen LogP contribution in [0.15, 0.2) is 22.7 Å². The van der Waals surface area contributed by atoms with Gasteiger partial charge >= 0.3 is 6.18 Å². The first-order valence-corrected chi connectivity index (χ1v) is 6.65. The number of carbonyl (C=O) groups excluding carboxylic acids is 1. The summed E-state index contributed by atoms with van der Waals surface area (Å²) in [5.74, 6) is -0.676. The van der Waals surface area contributed by atoms with Gasteiger partial charge < -0.3 is 11.1 Å². The maximum atomic E-state index is 12.6. The minimum atomic E-state index is -4.50. The number of carbonyl (C=O) groups is 1. The average molecular weight is 367 g/mol. The Morgan fingerprint density at radius 3 is 2.55 bits per heavy atom. The third-order valence-electron chi connectivity index (χ3n) is 2.12. The van der Waals surface area contributed by atoms with Crippen molar-refractivity contribution < 1.29 is 18.0 Å². The van der Waals surface area contributed by atoms with Gasteiger partial charge in [0.05, 0.1) is 5.56 Å². The number of benzene rings is 1. The molecule has 5 nitrogen and oxygen atoms in total. The van der Waals surface area contributed by atoms with Gasteiger partial charge in [-0.05, 0) is 18.2 Å². The van der Waals surface area contributed by atoms with Crippen molar-refractivity contribution in [3.63, 3.8) is 0 Å². The average Bonchev–Trinajstić information content (AvgIpc) is 2.74. The second kappa shape index (κ2) is 5.37. The molecule has 1 amide bonds. The van der Waals surface area contributed by atoms with Crippen LogP contribution >= 0.6 is 27.3 Å². The zero-order valence-corrected chi connectivity index (χ0v) is 11.9. The van der Waals surface area contributed by atoms with Crippen molar-refractivity contribution >= 4 is 44.0 Å². The van der Waals surface area contributed by atoms with Gasteiger partial charge in [0.1, 0.15) is 0 Å². The molecule has 3 N–H and O–H groups in total. The van der Waals surface area contributed by atoms with E-state index in [1.165, 1.54) is 6.07 Å².